The van der Waals surface area contributed by atoms with Gasteiger partial charge in [0.1, 0.15) is 0 Å². The largest absolute Gasteiger partial charge is 0.486 e. The second-order valence-corrected chi connectivity index (χ2v) is 4.49. The van der Waals surface area contributed by atoms with E-state index in [2.05, 4.69) is 0 Å². The molecule has 0 saturated carbocycles. The third-order valence-corrected chi connectivity index (χ3v) is 3.33. The Bertz CT molecular complexity index is 491. The molecule has 1 aliphatic rings. The van der Waals surface area contributed by atoms with E-state index in [4.69, 9.17) is 4.74 Å². The highest BCUT2D eigenvalue weighted by molar-refractivity contribution is 7.99. The second kappa shape index (κ2) is 4.58. The maximum atomic E-state index is 10.9. The van der Waals surface area contributed by atoms with Gasteiger partial charge in [-0.15, -0.1) is 11.8 Å². The van der Waals surface area contributed by atoms with Gasteiger partial charge in [0, 0.05) is 11.8 Å². The summed E-state index contributed by atoms with van der Waals surface area (Å²) in [5.41, 5.74) is -0.628. The number of benzene rings is 1. The lowest BCUT2D eigenvalue weighted by molar-refractivity contribution is -0.395. The normalized spacial score (nSPS) is 14.4. The van der Waals surface area contributed by atoms with Crippen LogP contribution < -0.4 is 4.74 Å². The predicted octanol–water partition coefficient (Wildman–Crippen LogP) is 2.38. The average molecular weight is 256 g/mol. The van der Waals surface area contributed by atoms with E-state index in [9.17, 15) is 20.2 Å². The van der Waals surface area contributed by atoms with E-state index in [1.165, 1.54) is 17.8 Å². The molecule has 1 aromatic rings. The van der Waals surface area contributed by atoms with E-state index in [0.29, 0.717) is 11.5 Å². The third kappa shape index (κ3) is 2.31. The Morgan fingerprint density at radius 2 is 2.00 bits per heavy atom. The van der Waals surface area contributed by atoms with E-state index in [1.54, 1.807) is 0 Å². The van der Waals surface area contributed by atoms with Crippen molar-refractivity contribution in [2.45, 2.75) is 11.3 Å². The van der Waals surface area contributed by atoms with E-state index in [0.717, 1.165) is 18.2 Å². The number of hydrogen-bond acceptors (Lipinski definition) is 6. The minimum absolute atomic E-state index is 0.142. The van der Waals surface area contributed by atoms with E-state index < -0.39 is 9.85 Å². The Labute approximate surface area is 100 Å². The van der Waals surface area contributed by atoms with Gasteiger partial charge in [0.2, 0.25) is 5.75 Å². The molecule has 2 rings (SSSR count). The van der Waals surface area contributed by atoms with Gasteiger partial charge in [0.15, 0.2) is 0 Å². The fraction of sp³-hybridized carbons (Fsp3) is 0.333. The van der Waals surface area contributed by atoms with Gasteiger partial charge < -0.3 is 4.74 Å². The monoisotopic (exact) mass is 256 g/mol. The second-order valence-electron chi connectivity index (χ2n) is 3.36. The van der Waals surface area contributed by atoms with Crippen molar-refractivity contribution < 1.29 is 14.6 Å². The summed E-state index contributed by atoms with van der Waals surface area (Å²) in [5.74, 6) is 0.869. The van der Waals surface area contributed by atoms with Crippen LogP contribution >= 0.6 is 11.8 Å². The van der Waals surface area contributed by atoms with E-state index in [-0.39, 0.29) is 17.1 Å². The summed E-state index contributed by atoms with van der Waals surface area (Å²) in [6.45, 7) is 0.388. The number of nitro groups is 2. The first-order valence-corrected chi connectivity index (χ1v) is 5.80. The van der Waals surface area contributed by atoms with Gasteiger partial charge in [0.25, 0.3) is 5.69 Å². The molecule has 0 aromatic heterocycles. The quantitative estimate of drug-likeness (QED) is 0.595. The number of thioether (sulfide) groups is 1. The van der Waals surface area contributed by atoms with E-state index in [1.807, 2.05) is 0 Å². The number of hydrogen-bond donors (Lipinski definition) is 0. The molecule has 1 aliphatic heterocycles. The van der Waals surface area contributed by atoms with Crippen molar-refractivity contribution in [3.63, 3.8) is 0 Å². The van der Waals surface area contributed by atoms with Crippen LogP contribution in [0.15, 0.2) is 17.0 Å². The van der Waals surface area contributed by atoms with Crippen LogP contribution in [0.25, 0.3) is 0 Å². The molecule has 0 N–H and O–H groups in total. The number of non-ortho nitro benzene ring substituents is 1. The van der Waals surface area contributed by atoms with Crippen LogP contribution in [0.3, 0.4) is 0 Å². The molecule has 0 fully saturated rings. The lowest BCUT2D eigenvalue weighted by Crippen LogP contribution is -2.00. The van der Waals surface area contributed by atoms with Crippen LogP contribution in [-0.2, 0) is 0 Å². The lowest BCUT2D eigenvalue weighted by Gasteiger charge is -2.06. The molecular weight excluding hydrogens is 248 g/mol. The van der Waals surface area contributed by atoms with Crippen molar-refractivity contribution in [1.82, 2.24) is 0 Å². The molecule has 0 atom stereocenters. The topological polar surface area (TPSA) is 95.5 Å². The smallest absolute Gasteiger partial charge is 0.318 e. The maximum absolute atomic E-state index is 10.9. The molecule has 90 valence electrons. The molecule has 0 unspecified atom stereocenters. The number of nitrogens with zero attached hydrogens (tertiary/aromatic N) is 2. The number of ether oxygens (including phenoxy) is 1. The minimum atomic E-state index is -0.655. The highest BCUT2D eigenvalue weighted by Gasteiger charge is 2.26. The van der Waals surface area contributed by atoms with Crippen LogP contribution in [-0.4, -0.2) is 22.2 Å². The Balaban J connectivity index is 2.59. The molecule has 0 aliphatic carbocycles. The Morgan fingerprint density at radius 1 is 1.24 bits per heavy atom. The predicted molar refractivity (Wildman–Crippen MR) is 60.6 cm³/mol. The molecule has 8 heteroatoms. The summed E-state index contributed by atoms with van der Waals surface area (Å²) in [5, 5.41) is 21.5. The first kappa shape index (κ1) is 11.6. The van der Waals surface area contributed by atoms with Crippen molar-refractivity contribution in [1.29, 1.82) is 0 Å². The van der Waals surface area contributed by atoms with E-state index >= 15 is 0 Å². The van der Waals surface area contributed by atoms with Crippen molar-refractivity contribution in [2.75, 3.05) is 12.4 Å². The van der Waals surface area contributed by atoms with Gasteiger partial charge >= 0.3 is 5.69 Å². The van der Waals surface area contributed by atoms with Crippen molar-refractivity contribution >= 4 is 23.1 Å². The zero-order valence-electron chi connectivity index (χ0n) is 8.62. The Hall–Kier alpha value is -1.83. The fourth-order valence-corrected chi connectivity index (χ4v) is 2.46. The van der Waals surface area contributed by atoms with Gasteiger partial charge in [-0.2, -0.15) is 0 Å². The van der Waals surface area contributed by atoms with Crippen molar-refractivity contribution in [3.05, 3.63) is 32.4 Å². The SMILES string of the molecule is O=[N+]([O-])c1cc2c(c([N+](=O)[O-])c1)OCCCS2. The highest BCUT2D eigenvalue weighted by Crippen LogP contribution is 2.42. The lowest BCUT2D eigenvalue weighted by atomic mass is 10.2. The number of rotatable bonds is 2. The van der Waals surface area contributed by atoms with Gasteiger partial charge in [-0.3, -0.25) is 20.2 Å². The molecule has 0 spiro atoms. The zero-order valence-corrected chi connectivity index (χ0v) is 9.44. The molecule has 1 heterocycles. The Morgan fingerprint density at radius 3 is 2.65 bits per heavy atom. The van der Waals surface area contributed by atoms with Crippen LogP contribution in [0, 0.1) is 20.2 Å². The van der Waals surface area contributed by atoms with Gasteiger partial charge in [-0.25, -0.2) is 0 Å². The summed E-state index contributed by atoms with van der Waals surface area (Å²) >= 11 is 1.34. The van der Waals surface area contributed by atoms with Gasteiger partial charge in [0.05, 0.1) is 27.4 Å². The molecule has 0 amide bonds. The molecule has 0 bridgehead atoms. The summed E-state index contributed by atoms with van der Waals surface area (Å²) < 4.78 is 5.29. The number of nitro benzene ring substituents is 2. The molecule has 0 saturated heterocycles. The Kier molecular flexibility index (Phi) is 3.14. The highest BCUT2D eigenvalue weighted by atomic mass is 32.2. The van der Waals surface area contributed by atoms with Crippen molar-refractivity contribution in [2.24, 2.45) is 0 Å². The summed E-state index contributed by atoms with van der Waals surface area (Å²) in [4.78, 5) is 20.7. The first-order chi connectivity index (χ1) is 8.09. The number of fused-ring (bicyclic) bond motifs is 1. The average Bonchev–Trinajstić information content (AvgIpc) is 2.51. The van der Waals surface area contributed by atoms with Crippen LogP contribution in [0.2, 0.25) is 0 Å². The molecular formula is C9H8N2O5S. The van der Waals surface area contributed by atoms with Crippen LogP contribution in [0.5, 0.6) is 5.75 Å². The standard InChI is InChI=1S/C9H8N2O5S/c12-10(13)6-4-7(11(14)15)9-8(5-6)17-3-1-2-16-9/h4-5H,1-3H2. The van der Waals surface area contributed by atoms with Crippen LogP contribution in [0.1, 0.15) is 6.42 Å². The summed E-state index contributed by atoms with van der Waals surface area (Å²) in [6, 6.07) is 2.25. The van der Waals surface area contributed by atoms with Crippen molar-refractivity contribution in [3.8, 4) is 5.75 Å². The first-order valence-electron chi connectivity index (χ1n) is 4.82. The third-order valence-electron chi connectivity index (χ3n) is 2.22. The minimum Gasteiger partial charge on any atom is -0.486 e. The molecule has 17 heavy (non-hydrogen) atoms. The maximum Gasteiger partial charge on any atom is 0.318 e. The summed E-state index contributed by atoms with van der Waals surface area (Å²) in [7, 11) is 0. The van der Waals surface area contributed by atoms with Crippen LogP contribution in [0.4, 0.5) is 11.4 Å². The molecule has 0 radical (unpaired) electrons. The molecule has 7 nitrogen and oxygen atoms in total. The fourth-order valence-electron chi connectivity index (χ4n) is 1.48. The van der Waals surface area contributed by atoms with Gasteiger partial charge in [-0.05, 0) is 6.42 Å². The zero-order chi connectivity index (χ0) is 12.4. The summed E-state index contributed by atoms with van der Waals surface area (Å²) in [6.07, 6.45) is 0.754. The van der Waals surface area contributed by atoms with Gasteiger partial charge in [-0.1, -0.05) is 0 Å². The molecule has 1 aromatic carbocycles.